The lowest BCUT2D eigenvalue weighted by Crippen LogP contribution is -2.40. The van der Waals surface area contributed by atoms with E-state index in [0.717, 1.165) is 12.2 Å². The number of halogens is 1. The molecule has 1 aromatic carbocycles. The number of nitrogens with one attached hydrogen (secondary N) is 1. The van der Waals surface area contributed by atoms with Crippen LogP contribution < -0.4 is 5.32 Å². The number of nitrogens with zero attached hydrogens (tertiary/aromatic N) is 1. The van der Waals surface area contributed by atoms with Gasteiger partial charge in [0.1, 0.15) is 6.07 Å². The topological polar surface area (TPSA) is 35.8 Å². The summed E-state index contributed by atoms with van der Waals surface area (Å²) in [5, 5.41) is 12.7. The summed E-state index contributed by atoms with van der Waals surface area (Å²) in [4.78, 5) is 0. The van der Waals surface area contributed by atoms with Gasteiger partial charge in [-0.2, -0.15) is 17.0 Å². The lowest BCUT2D eigenvalue weighted by Gasteiger charge is -2.40. The molecule has 1 fully saturated rings. The number of thioether (sulfide) groups is 1. The van der Waals surface area contributed by atoms with Crippen molar-refractivity contribution in [3.8, 4) is 6.07 Å². The van der Waals surface area contributed by atoms with Gasteiger partial charge in [-0.1, -0.05) is 18.0 Å². The van der Waals surface area contributed by atoms with E-state index < -0.39 is 0 Å². The summed E-state index contributed by atoms with van der Waals surface area (Å²) in [6, 6.07) is 7.57. The molecule has 0 unspecified atom stereocenters. The summed E-state index contributed by atoms with van der Waals surface area (Å²) in [5.41, 5.74) is 1.52. The van der Waals surface area contributed by atoms with E-state index in [2.05, 4.69) is 17.6 Å². The van der Waals surface area contributed by atoms with Gasteiger partial charge in [-0.25, -0.2) is 0 Å². The third-order valence-corrected chi connectivity index (χ3v) is 5.13. The number of benzene rings is 1. The molecule has 0 spiro atoms. The fraction of sp³-hybridized carbons (Fsp3) is 0.462. The Morgan fingerprint density at radius 1 is 1.53 bits per heavy atom. The molecule has 4 heteroatoms. The van der Waals surface area contributed by atoms with Crippen molar-refractivity contribution in [3.63, 3.8) is 0 Å². The van der Waals surface area contributed by atoms with Gasteiger partial charge < -0.3 is 5.32 Å². The Bertz CT molecular complexity index is 444. The third-order valence-electron chi connectivity index (χ3n) is 3.40. The van der Waals surface area contributed by atoms with Gasteiger partial charge in [-0.05, 0) is 37.3 Å². The first kappa shape index (κ1) is 12.6. The van der Waals surface area contributed by atoms with Crippen LogP contribution in [0.15, 0.2) is 18.2 Å². The third kappa shape index (κ3) is 2.70. The maximum absolute atomic E-state index is 8.80. The van der Waals surface area contributed by atoms with Gasteiger partial charge in [0, 0.05) is 17.0 Å². The SMILES string of the molecule is CSC1(CNc2ccc(C#N)c(Cl)c2)CCC1. The van der Waals surface area contributed by atoms with Gasteiger partial charge in [-0.3, -0.25) is 0 Å². The molecule has 2 rings (SSSR count). The molecule has 90 valence electrons. The van der Waals surface area contributed by atoms with E-state index >= 15 is 0 Å². The Labute approximate surface area is 111 Å². The normalized spacial score (nSPS) is 17.0. The molecule has 1 saturated carbocycles. The second kappa shape index (κ2) is 5.20. The van der Waals surface area contributed by atoms with Crippen molar-refractivity contribution in [2.24, 2.45) is 0 Å². The average molecular weight is 267 g/mol. The summed E-state index contributed by atoms with van der Waals surface area (Å²) in [6.07, 6.45) is 6.07. The number of anilines is 1. The van der Waals surface area contributed by atoms with Crippen LogP contribution in [0.5, 0.6) is 0 Å². The Hall–Kier alpha value is -0.850. The molecule has 0 atom stereocenters. The van der Waals surface area contributed by atoms with Crippen LogP contribution in [0.2, 0.25) is 5.02 Å². The van der Waals surface area contributed by atoms with E-state index in [9.17, 15) is 0 Å². The van der Waals surface area contributed by atoms with Crippen molar-refractivity contribution in [2.45, 2.75) is 24.0 Å². The monoisotopic (exact) mass is 266 g/mol. The smallest absolute Gasteiger partial charge is 0.101 e. The molecule has 1 aliphatic rings. The highest BCUT2D eigenvalue weighted by Gasteiger charge is 2.35. The minimum Gasteiger partial charge on any atom is -0.384 e. The van der Waals surface area contributed by atoms with E-state index in [4.69, 9.17) is 16.9 Å². The van der Waals surface area contributed by atoms with Gasteiger partial charge in [-0.15, -0.1) is 0 Å². The predicted octanol–water partition coefficient (Wildman–Crippen LogP) is 3.91. The molecule has 2 nitrogen and oxygen atoms in total. The van der Waals surface area contributed by atoms with Gasteiger partial charge in [0.15, 0.2) is 0 Å². The zero-order valence-corrected chi connectivity index (χ0v) is 11.4. The second-order valence-electron chi connectivity index (χ2n) is 4.40. The highest BCUT2D eigenvalue weighted by Crippen LogP contribution is 2.42. The van der Waals surface area contributed by atoms with E-state index in [-0.39, 0.29) is 0 Å². The van der Waals surface area contributed by atoms with E-state index in [0.29, 0.717) is 15.3 Å². The van der Waals surface area contributed by atoms with Crippen LogP contribution in [0.3, 0.4) is 0 Å². The van der Waals surface area contributed by atoms with E-state index in [1.54, 1.807) is 6.07 Å². The van der Waals surface area contributed by atoms with Crippen LogP contribution in [-0.4, -0.2) is 17.5 Å². The van der Waals surface area contributed by atoms with Crippen LogP contribution in [-0.2, 0) is 0 Å². The minimum absolute atomic E-state index is 0.403. The van der Waals surface area contributed by atoms with Gasteiger partial charge in [0.05, 0.1) is 10.6 Å². The number of hydrogen-bond donors (Lipinski definition) is 1. The summed E-state index contributed by atoms with van der Waals surface area (Å²) in [6.45, 7) is 0.969. The van der Waals surface area contributed by atoms with Crippen LogP contribution in [0, 0.1) is 11.3 Å². The summed E-state index contributed by atoms with van der Waals surface area (Å²) >= 11 is 7.94. The fourth-order valence-electron chi connectivity index (χ4n) is 2.00. The molecule has 0 aromatic heterocycles. The van der Waals surface area contributed by atoms with Crippen LogP contribution in [0.4, 0.5) is 5.69 Å². The molecular weight excluding hydrogens is 252 g/mol. The average Bonchev–Trinajstić information content (AvgIpc) is 2.28. The molecule has 0 saturated heterocycles. The van der Waals surface area contributed by atoms with Crippen molar-refractivity contribution in [2.75, 3.05) is 18.1 Å². The Morgan fingerprint density at radius 2 is 2.29 bits per heavy atom. The largest absolute Gasteiger partial charge is 0.384 e. The molecule has 0 bridgehead atoms. The lowest BCUT2D eigenvalue weighted by molar-refractivity contribution is 0.380. The Balaban J connectivity index is 2.00. The molecule has 0 aliphatic heterocycles. The standard InChI is InChI=1S/C13H15ClN2S/c1-17-13(5-2-6-13)9-16-11-4-3-10(8-15)12(14)7-11/h3-4,7,16H,2,5-6,9H2,1H3. The maximum Gasteiger partial charge on any atom is 0.101 e. The van der Waals surface area contributed by atoms with Crippen molar-refractivity contribution in [1.82, 2.24) is 0 Å². The van der Waals surface area contributed by atoms with Gasteiger partial charge >= 0.3 is 0 Å². The number of nitriles is 1. The quantitative estimate of drug-likeness (QED) is 0.898. The molecular formula is C13H15ClN2S. The van der Waals surface area contributed by atoms with Crippen molar-refractivity contribution in [1.29, 1.82) is 5.26 Å². The Morgan fingerprint density at radius 3 is 2.76 bits per heavy atom. The fourth-order valence-corrected chi connectivity index (χ4v) is 3.14. The molecule has 0 amide bonds. The molecule has 1 aromatic rings. The van der Waals surface area contributed by atoms with Crippen molar-refractivity contribution >= 4 is 29.1 Å². The summed E-state index contributed by atoms with van der Waals surface area (Å²) < 4.78 is 0.403. The first-order chi connectivity index (χ1) is 8.19. The Kier molecular flexibility index (Phi) is 3.86. The summed E-state index contributed by atoms with van der Waals surface area (Å²) in [7, 11) is 0. The zero-order chi connectivity index (χ0) is 12.3. The number of rotatable bonds is 4. The van der Waals surface area contributed by atoms with Crippen molar-refractivity contribution < 1.29 is 0 Å². The molecule has 0 heterocycles. The highest BCUT2D eigenvalue weighted by molar-refractivity contribution is 8.00. The maximum atomic E-state index is 8.80. The zero-order valence-electron chi connectivity index (χ0n) is 9.79. The molecule has 0 radical (unpaired) electrons. The molecule has 1 N–H and O–H groups in total. The van der Waals surface area contributed by atoms with E-state index in [1.165, 1.54) is 19.3 Å². The lowest BCUT2D eigenvalue weighted by atomic mass is 9.84. The molecule has 1 aliphatic carbocycles. The van der Waals surface area contributed by atoms with Crippen LogP contribution in [0.1, 0.15) is 24.8 Å². The number of hydrogen-bond acceptors (Lipinski definition) is 3. The first-order valence-corrected chi connectivity index (χ1v) is 7.28. The van der Waals surface area contributed by atoms with Gasteiger partial charge in [0.2, 0.25) is 0 Å². The first-order valence-electron chi connectivity index (χ1n) is 5.68. The molecule has 17 heavy (non-hydrogen) atoms. The van der Waals surface area contributed by atoms with E-state index in [1.807, 2.05) is 23.9 Å². The second-order valence-corrected chi connectivity index (χ2v) is 6.08. The summed E-state index contributed by atoms with van der Waals surface area (Å²) in [5.74, 6) is 0. The highest BCUT2D eigenvalue weighted by atomic mass is 35.5. The predicted molar refractivity (Wildman–Crippen MR) is 74.8 cm³/mol. The van der Waals surface area contributed by atoms with Crippen LogP contribution >= 0.6 is 23.4 Å². The van der Waals surface area contributed by atoms with Crippen molar-refractivity contribution in [3.05, 3.63) is 28.8 Å². The van der Waals surface area contributed by atoms with Gasteiger partial charge in [0.25, 0.3) is 0 Å². The van der Waals surface area contributed by atoms with Crippen LogP contribution in [0.25, 0.3) is 0 Å². The minimum atomic E-state index is 0.403.